The average molecular weight is 344 g/mol. The number of H-pyrrole nitrogens is 1. The van der Waals surface area contributed by atoms with Crippen LogP contribution in [0.25, 0.3) is 10.9 Å². The Kier molecular flexibility index (Phi) is 4.20. The van der Waals surface area contributed by atoms with Gasteiger partial charge in [0.2, 0.25) is 0 Å². The van der Waals surface area contributed by atoms with Gasteiger partial charge in [-0.15, -0.1) is 0 Å². The second-order valence-electron chi connectivity index (χ2n) is 7.09. The van der Waals surface area contributed by atoms with E-state index in [0.717, 1.165) is 19.5 Å². The van der Waals surface area contributed by atoms with Crippen LogP contribution in [-0.4, -0.2) is 48.2 Å². The van der Waals surface area contributed by atoms with Gasteiger partial charge in [0.15, 0.2) is 5.11 Å². The largest absolute Gasteiger partial charge is 0.365 e. The van der Waals surface area contributed by atoms with Gasteiger partial charge in [-0.1, -0.05) is 12.1 Å². The Balaban J connectivity index is 1.54. The van der Waals surface area contributed by atoms with Gasteiger partial charge in [-0.25, -0.2) is 5.43 Å². The van der Waals surface area contributed by atoms with E-state index in [1.807, 2.05) is 7.05 Å². The van der Waals surface area contributed by atoms with Gasteiger partial charge in [0, 0.05) is 49.2 Å². The zero-order valence-electron chi connectivity index (χ0n) is 14.2. The molecule has 0 radical (unpaired) electrons. The molecule has 6 heteroatoms. The smallest absolute Gasteiger partial charge is 0.180 e. The summed E-state index contributed by atoms with van der Waals surface area (Å²) < 4.78 is 0. The highest BCUT2D eigenvalue weighted by Crippen LogP contribution is 2.44. The first-order chi connectivity index (χ1) is 11.7. The van der Waals surface area contributed by atoms with E-state index in [1.165, 1.54) is 28.5 Å². The Morgan fingerprint density at radius 3 is 3.12 bits per heavy atom. The maximum Gasteiger partial charge on any atom is 0.180 e. The predicted octanol–water partition coefficient (Wildman–Crippen LogP) is 1.73. The highest BCUT2D eigenvalue weighted by atomic mass is 32.1. The van der Waals surface area contributed by atoms with Crippen LogP contribution in [0, 0.1) is 5.92 Å². The molecule has 1 aromatic heterocycles. The number of hydrogen-bond acceptors (Lipinski definition) is 3. The minimum absolute atomic E-state index is 0.610. The molecule has 1 saturated heterocycles. The lowest BCUT2D eigenvalue weighted by Crippen LogP contribution is -2.52. The third kappa shape index (κ3) is 2.68. The molecule has 1 aliphatic heterocycles. The number of likely N-dealkylation sites (tertiary alicyclic amines) is 1. The number of nitrogens with zero attached hydrogens (tertiary/aromatic N) is 1. The first-order valence-corrected chi connectivity index (χ1v) is 9.08. The summed E-state index contributed by atoms with van der Waals surface area (Å²) in [6.07, 6.45) is 4.58. The summed E-state index contributed by atoms with van der Waals surface area (Å²) in [5, 5.41) is 5.03. The zero-order valence-corrected chi connectivity index (χ0v) is 15.0. The topological polar surface area (TPSA) is 55.1 Å². The minimum Gasteiger partial charge on any atom is -0.365 e. The number of benzene rings is 1. The molecule has 0 unspecified atom stereocenters. The number of nitrogens with one attached hydrogen (secondary N) is 4. The number of fused-ring (bicyclic) bond motifs is 2. The second-order valence-corrected chi connectivity index (χ2v) is 7.50. The van der Waals surface area contributed by atoms with E-state index in [0.29, 0.717) is 23.0 Å². The molecule has 4 rings (SSSR count). The van der Waals surface area contributed by atoms with Gasteiger partial charge in [-0.3, -0.25) is 5.43 Å². The van der Waals surface area contributed by atoms with E-state index in [1.54, 1.807) is 0 Å². The van der Waals surface area contributed by atoms with E-state index in [-0.39, 0.29) is 0 Å². The Labute approximate surface area is 148 Å². The maximum absolute atomic E-state index is 5.12. The molecule has 5 nitrogen and oxygen atoms in total. The molecule has 2 aliphatic rings. The van der Waals surface area contributed by atoms with Crippen molar-refractivity contribution in [3.05, 3.63) is 35.5 Å². The lowest BCUT2D eigenvalue weighted by molar-refractivity contribution is 0.110. The normalized spacial score (nSPS) is 26.2. The van der Waals surface area contributed by atoms with Crippen LogP contribution in [0.2, 0.25) is 0 Å². The van der Waals surface area contributed by atoms with Gasteiger partial charge in [0.25, 0.3) is 0 Å². The monoisotopic (exact) mass is 343 g/mol. The predicted molar refractivity (Wildman–Crippen MR) is 102 cm³/mol. The second kappa shape index (κ2) is 6.35. The van der Waals surface area contributed by atoms with Crippen LogP contribution in [0.1, 0.15) is 23.5 Å². The Morgan fingerprint density at radius 1 is 1.42 bits per heavy atom. The fraction of sp³-hybridized carbons (Fsp3) is 0.500. The lowest BCUT2D eigenvalue weighted by Gasteiger charge is -2.45. The number of thiocarbonyl (C=S) groups is 1. The number of aromatic amines is 1. The Bertz CT molecular complexity index is 755. The van der Waals surface area contributed by atoms with Crippen LogP contribution in [0.4, 0.5) is 0 Å². The zero-order chi connectivity index (χ0) is 16.7. The van der Waals surface area contributed by atoms with Crippen LogP contribution >= 0.6 is 12.2 Å². The van der Waals surface area contributed by atoms with E-state index in [2.05, 4.69) is 57.5 Å². The molecule has 2 heterocycles. The molecule has 0 spiro atoms. The van der Waals surface area contributed by atoms with E-state index in [4.69, 9.17) is 12.2 Å². The lowest BCUT2D eigenvalue weighted by atomic mass is 9.72. The van der Waals surface area contributed by atoms with Crippen molar-refractivity contribution >= 4 is 28.2 Å². The number of piperidine rings is 1. The molecule has 1 aromatic carbocycles. The molecule has 4 N–H and O–H groups in total. The summed E-state index contributed by atoms with van der Waals surface area (Å²) in [4.78, 5) is 5.99. The molecule has 3 atom stereocenters. The summed E-state index contributed by atoms with van der Waals surface area (Å²) in [7, 11) is 4.10. The fourth-order valence-electron chi connectivity index (χ4n) is 4.54. The van der Waals surface area contributed by atoms with Crippen molar-refractivity contribution in [2.24, 2.45) is 5.92 Å². The van der Waals surface area contributed by atoms with Gasteiger partial charge in [0.1, 0.15) is 0 Å². The molecule has 1 aliphatic carbocycles. The van der Waals surface area contributed by atoms with Crippen molar-refractivity contribution in [3.8, 4) is 0 Å². The average Bonchev–Trinajstić information content (AvgIpc) is 3.00. The van der Waals surface area contributed by atoms with Crippen molar-refractivity contribution in [1.82, 2.24) is 26.1 Å². The molecule has 0 amide bonds. The summed E-state index contributed by atoms with van der Waals surface area (Å²) in [5.74, 6) is 1.22. The van der Waals surface area contributed by atoms with Crippen molar-refractivity contribution in [3.63, 3.8) is 0 Å². The highest BCUT2D eigenvalue weighted by Gasteiger charge is 2.39. The van der Waals surface area contributed by atoms with Gasteiger partial charge in [0.05, 0.1) is 0 Å². The van der Waals surface area contributed by atoms with Crippen LogP contribution in [0.3, 0.4) is 0 Å². The number of hydrogen-bond donors (Lipinski definition) is 4. The number of aromatic nitrogens is 1. The van der Waals surface area contributed by atoms with E-state index in [9.17, 15) is 0 Å². The summed E-state index contributed by atoms with van der Waals surface area (Å²) >= 11 is 5.12. The van der Waals surface area contributed by atoms with Gasteiger partial charge in [-0.05, 0) is 55.2 Å². The first kappa shape index (κ1) is 15.9. The molecule has 2 aromatic rings. The van der Waals surface area contributed by atoms with Crippen molar-refractivity contribution in [2.45, 2.75) is 24.8 Å². The molecular formula is C18H25N5S. The Morgan fingerprint density at radius 2 is 2.29 bits per heavy atom. The van der Waals surface area contributed by atoms with E-state index >= 15 is 0 Å². The highest BCUT2D eigenvalue weighted by molar-refractivity contribution is 7.80. The van der Waals surface area contributed by atoms with Crippen LogP contribution in [-0.2, 0) is 6.42 Å². The van der Waals surface area contributed by atoms with Gasteiger partial charge >= 0.3 is 0 Å². The number of rotatable bonds is 3. The minimum atomic E-state index is 0.610. The number of hydrazine groups is 1. The fourth-order valence-corrected chi connectivity index (χ4v) is 4.61. The van der Waals surface area contributed by atoms with Crippen LogP contribution in [0.5, 0.6) is 0 Å². The van der Waals surface area contributed by atoms with Gasteiger partial charge in [-0.2, -0.15) is 0 Å². The standard InChI is InChI=1S/C18H25N5S/c1-19-18(24)22-21-8-11-6-14-13-4-3-5-15-17(13)12(9-20-15)7-16(14)23(2)10-11/h3-5,9,11,14,16,20-21H,6-8,10H2,1-2H3,(H2,19,22,24)/t11-,14+,16+/m0/s1. The molecular weight excluding hydrogens is 318 g/mol. The van der Waals surface area contributed by atoms with E-state index < -0.39 is 0 Å². The Hall–Kier alpha value is -1.63. The quantitative estimate of drug-likeness (QED) is 0.505. The third-order valence-electron chi connectivity index (χ3n) is 5.63. The summed E-state index contributed by atoms with van der Waals surface area (Å²) in [6.45, 7) is 2.04. The molecule has 0 saturated carbocycles. The van der Waals surface area contributed by atoms with Gasteiger partial charge < -0.3 is 15.2 Å². The van der Waals surface area contributed by atoms with Crippen molar-refractivity contribution < 1.29 is 0 Å². The maximum atomic E-state index is 5.12. The summed E-state index contributed by atoms with van der Waals surface area (Å²) in [5.41, 5.74) is 10.6. The molecule has 1 fully saturated rings. The summed E-state index contributed by atoms with van der Waals surface area (Å²) in [6, 6.07) is 7.32. The molecule has 0 bridgehead atoms. The SMILES string of the molecule is CNC(=S)NNC[C@@H]1C[C@@H]2c3cccc4[nH]cc(c34)C[C@H]2N(C)C1. The van der Waals surface area contributed by atoms with Crippen LogP contribution in [0.15, 0.2) is 24.4 Å². The number of likely N-dealkylation sites (N-methyl/N-ethyl adjacent to an activating group) is 1. The third-order valence-corrected chi connectivity index (χ3v) is 5.94. The van der Waals surface area contributed by atoms with Crippen LogP contribution < -0.4 is 16.2 Å². The first-order valence-electron chi connectivity index (χ1n) is 8.67. The van der Waals surface area contributed by atoms with Crippen molar-refractivity contribution in [2.75, 3.05) is 27.2 Å². The molecule has 24 heavy (non-hydrogen) atoms. The van der Waals surface area contributed by atoms with Crippen molar-refractivity contribution in [1.29, 1.82) is 0 Å². The molecule has 128 valence electrons.